The van der Waals surface area contributed by atoms with Gasteiger partial charge in [-0.15, -0.1) is 6.58 Å². The zero-order valence-electron chi connectivity index (χ0n) is 16.9. The van der Waals surface area contributed by atoms with E-state index in [-0.39, 0.29) is 41.8 Å². The van der Waals surface area contributed by atoms with E-state index in [9.17, 15) is 14.4 Å². The molecular weight excluding hydrogens is 359 g/mol. The number of carbonyl (C=O) groups is 1. The van der Waals surface area contributed by atoms with Gasteiger partial charge in [-0.3, -0.25) is 9.48 Å². The fraction of sp³-hybridized carbons (Fsp3) is 0.700. The van der Waals surface area contributed by atoms with E-state index < -0.39 is 12.2 Å². The lowest BCUT2D eigenvalue weighted by Crippen LogP contribution is -2.57. The standard InChI is InChI=1S/C20H29FN6O/c1-5-20(12-26-14-23-13-25-26)7-6-19(4,18(20,2)3)24-10-17(28)27-11-15(21)8-16(27)9-22/h5,13-16,24H,1,6-8,10-12H2,2-4H3/t15-,16-,19-,20-/m0/s1. The molecule has 1 aromatic rings. The number of hydrogen-bond acceptors (Lipinski definition) is 5. The summed E-state index contributed by atoms with van der Waals surface area (Å²) in [5.41, 5.74) is -0.761. The van der Waals surface area contributed by atoms with Gasteiger partial charge >= 0.3 is 0 Å². The minimum Gasteiger partial charge on any atom is -0.323 e. The minimum absolute atomic E-state index is 0.00173. The third-order valence-corrected chi connectivity index (χ3v) is 7.35. The van der Waals surface area contributed by atoms with Gasteiger partial charge in [-0.2, -0.15) is 10.4 Å². The summed E-state index contributed by atoms with van der Waals surface area (Å²) in [6.45, 7) is 11.3. The average molecular weight is 388 g/mol. The predicted octanol–water partition coefficient (Wildman–Crippen LogP) is 2.08. The Bertz CT molecular complexity index is 772. The number of hydrogen-bond donors (Lipinski definition) is 1. The monoisotopic (exact) mass is 388 g/mol. The van der Waals surface area contributed by atoms with E-state index >= 15 is 0 Å². The number of nitriles is 1. The molecule has 2 aliphatic rings. The Balaban J connectivity index is 1.72. The van der Waals surface area contributed by atoms with Crippen molar-refractivity contribution in [3.8, 4) is 6.07 Å². The van der Waals surface area contributed by atoms with Gasteiger partial charge in [-0.25, -0.2) is 9.37 Å². The second-order valence-corrected chi connectivity index (χ2v) is 8.79. The van der Waals surface area contributed by atoms with E-state index in [1.807, 2.05) is 16.8 Å². The second kappa shape index (κ2) is 7.28. The van der Waals surface area contributed by atoms with Crippen LogP contribution in [-0.2, 0) is 11.3 Å². The quantitative estimate of drug-likeness (QED) is 0.754. The maximum Gasteiger partial charge on any atom is 0.237 e. The molecule has 1 aliphatic carbocycles. The van der Waals surface area contributed by atoms with Crippen LogP contribution in [0.25, 0.3) is 0 Å². The van der Waals surface area contributed by atoms with Gasteiger partial charge in [-0.05, 0) is 25.2 Å². The molecular formula is C20H29FN6O. The number of carbonyl (C=O) groups excluding carboxylic acids is 1. The fourth-order valence-electron chi connectivity index (χ4n) is 4.81. The number of halogens is 1. The van der Waals surface area contributed by atoms with Crippen molar-refractivity contribution in [2.45, 2.75) is 64.3 Å². The summed E-state index contributed by atoms with van der Waals surface area (Å²) >= 11 is 0. The van der Waals surface area contributed by atoms with Crippen LogP contribution in [0.4, 0.5) is 4.39 Å². The summed E-state index contributed by atoms with van der Waals surface area (Å²) in [7, 11) is 0. The van der Waals surface area contributed by atoms with Crippen molar-refractivity contribution in [1.29, 1.82) is 5.26 Å². The molecule has 28 heavy (non-hydrogen) atoms. The predicted molar refractivity (Wildman–Crippen MR) is 103 cm³/mol. The Morgan fingerprint density at radius 3 is 2.82 bits per heavy atom. The van der Waals surface area contributed by atoms with Crippen molar-refractivity contribution in [1.82, 2.24) is 25.0 Å². The van der Waals surface area contributed by atoms with Crippen LogP contribution in [-0.4, -0.2) is 56.4 Å². The van der Waals surface area contributed by atoms with Gasteiger partial charge in [0.15, 0.2) is 0 Å². The van der Waals surface area contributed by atoms with Gasteiger partial charge in [0.25, 0.3) is 0 Å². The molecule has 3 rings (SSSR count). The number of rotatable bonds is 6. The van der Waals surface area contributed by atoms with Gasteiger partial charge in [0, 0.05) is 17.4 Å². The van der Waals surface area contributed by atoms with Crippen LogP contribution in [0, 0.1) is 22.2 Å². The topological polar surface area (TPSA) is 86.8 Å². The Morgan fingerprint density at radius 1 is 1.46 bits per heavy atom. The van der Waals surface area contributed by atoms with Crippen LogP contribution in [0.15, 0.2) is 25.3 Å². The molecule has 8 heteroatoms. The molecule has 4 atom stereocenters. The molecule has 0 bridgehead atoms. The van der Waals surface area contributed by atoms with Crippen LogP contribution in [0.3, 0.4) is 0 Å². The lowest BCUT2D eigenvalue weighted by molar-refractivity contribution is -0.131. The normalized spacial score (nSPS) is 34.3. The Kier molecular flexibility index (Phi) is 5.32. The number of amides is 1. The van der Waals surface area contributed by atoms with Crippen molar-refractivity contribution in [3.05, 3.63) is 25.3 Å². The minimum atomic E-state index is -1.12. The van der Waals surface area contributed by atoms with E-state index in [0.717, 1.165) is 12.8 Å². The van der Waals surface area contributed by atoms with Crippen LogP contribution in [0.2, 0.25) is 0 Å². The first kappa shape index (κ1) is 20.5. The van der Waals surface area contributed by atoms with Crippen molar-refractivity contribution < 1.29 is 9.18 Å². The largest absolute Gasteiger partial charge is 0.323 e. The highest BCUT2D eigenvalue weighted by Gasteiger charge is 2.59. The highest BCUT2D eigenvalue weighted by atomic mass is 19.1. The number of nitrogens with zero attached hydrogens (tertiary/aromatic N) is 5. The number of aromatic nitrogens is 3. The average Bonchev–Trinajstić information content (AvgIpc) is 3.35. The lowest BCUT2D eigenvalue weighted by atomic mass is 9.62. The Hall–Kier alpha value is -2.27. The lowest BCUT2D eigenvalue weighted by Gasteiger charge is -2.48. The molecule has 1 saturated carbocycles. The third-order valence-electron chi connectivity index (χ3n) is 7.35. The van der Waals surface area contributed by atoms with Gasteiger partial charge in [-0.1, -0.05) is 19.9 Å². The van der Waals surface area contributed by atoms with E-state index in [2.05, 4.69) is 42.7 Å². The van der Waals surface area contributed by atoms with E-state index in [1.165, 1.54) is 11.2 Å². The first-order chi connectivity index (χ1) is 13.2. The van der Waals surface area contributed by atoms with E-state index in [1.54, 1.807) is 6.33 Å². The molecule has 1 N–H and O–H groups in total. The summed E-state index contributed by atoms with van der Waals surface area (Å²) in [5.74, 6) is -0.226. The zero-order chi connectivity index (χ0) is 20.6. The second-order valence-electron chi connectivity index (χ2n) is 8.79. The van der Waals surface area contributed by atoms with Crippen molar-refractivity contribution in [2.24, 2.45) is 10.8 Å². The zero-order valence-corrected chi connectivity index (χ0v) is 16.9. The third kappa shape index (κ3) is 3.22. The molecule has 0 aromatic carbocycles. The summed E-state index contributed by atoms with van der Waals surface area (Å²) in [6.07, 6.45) is 5.97. The molecule has 7 nitrogen and oxygen atoms in total. The number of allylic oxidation sites excluding steroid dienone is 1. The van der Waals surface area contributed by atoms with Crippen LogP contribution < -0.4 is 5.32 Å². The highest BCUT2D eigenvalue weighted by molar-refractivity contribution is 5.79. The molecule has 1 amide bonds. The van der Waals surface area contributed by atoms with Gasteiger partial charge in [0.2, 0.25) is 5.91 Å². The first-order valence-corrected chi connectivity index (χ1v) is 9.72. The molecule has 1 aliphatic heterocycles. The first-order valence-electron chi connectivity index (χ1n) is 9.72. The summed E-state index contributed by atoms with van der Waals surface area (Å²) in [6, 6.07) is 1.36. The van der Waals surface area contributed by atoms with E-state index in [0.29, 0.717) is 6.54 Å². The SMILES string of the molecule is C=C[C@@]1(Cn2cncn2)CC[C@](C)(NCC(=O)N2C[C@@H](F)C[C@H]2C#N)C1(C)C. The maximum atomic E-state index is 13.6. The molecule has 2 heterocycles. The molecule has 0 unspecified atom stereocenters. The molecule has 0 radical (unpaired) electrons. The smallest absolute Gasteiger partial charge is 0.237 e. The van der Waals surface area contributed by atoms with Gasteiger partial charge in [0.1, 0.15) is 24.9 Å². The van der Waals surface area contributed by atoms with Crippen molar-refractivity contribution in [2.75, 3.05) is 13.1 Å². The molecule has 1 saturated heterocycles. The number of alkyl halides is 1. The van der Waals surface area contributed by atoms with Crippen molar-refractivity contribution >= 4 is 5.91 Å². The van der Waals surface area contributed by atoms with Gasteiger partial charge in [0.05, 0.1) is 25.7 Å². The Labute approximate surface area is 165 Å². The molecule has 2 fully saturated rings. The summed E-state index contributed by atoms with van der Waals surface area (Å²) in [5, 5.41) is 16.9. The summed E-state index contributed by atoms with van der Waals surface area (Å²) in [4.78, 5) is 18.1. The number of nitrogens with one attached hydrogen (secondary N) is 1. The van der Waals surface area contributed by atoms with Crippen LogP contribution in [0.5, 0.6) is 0 Å². The van der Waals surface area contributed by atoms with Crippen molar-refractivity contribution in [3.63, 3.8) is 0 Å². The molecule has 1 aromatic heterocycles. The van der Waals surface area contributed by atoms with E-state index in [4.69, 9.17) is 0 Å². The van der Waals surface area contributed by atoms with Crippen LogP contribution in [0.1, 0.15) is 40.0 Å². The molecule has 0 spiro atoms. The maximum absolute atomic E-state index is 13.6. The fourth-order valence-corrected chi connectivity index (χ4v) is 4.81. The van der Waals surface area contributed by atoms with Crippen LogP contribution >= 0.6 is 0 Å². The number of likely N-dealkylation sites (tertiary alicyclic amines) is 1. The molecule has 152 valence electrons. The van der Waals surface area contributed by atoms with Gasteiger partial charge < -0.3 is 10.2 Å². The Morgan fingerprint density at radius 2 is 2.21 bits per heavy atom. The summed E-state index contributed by atoms with van der Waals surface area (Å²) < 4.78 is 15.5. The highest BCUT2D eigenvalue weighted by Crippen LogP contribution is 2.59.